The average molecular weight is 353 g/mol. The minimum absolute atomic E-state index is 0.180. The highest BCUT2D eigenvalue weighted by atomic mass is 35.5. The van der Waals surface area contributed by atoms with Crippen LogP contribution in [0, 0.1) is 10.4 Å². The smallest absolute Gasteiger partial charge is 0.250 e. The molecule has 1 aromatic carbocycles. The van der Waals surface area contributed by atoms with E-state index < -0.39 is 4.75 Å². The second-order valence-corrected chi connectivity index (χ2v) is 6.93. The first-order valence-electron chi connectivity index (χ1n) is 7.07. The first-order chi connectivity index (χ1) is 11.1. The van der Waals surface area contributed by atoms with Crippen LogP contribution in [0.1, 0.15) is 17.8 Å². The molecule has 23 heavy (non-hydrogen) atoms. The van der Waals surface area contributed by atoms with Gasteiger partial charge in [-0.3, -0.25) is 5.21 Å². The first-order valence-corrected chi connectivity index (χ1v) is 8.67. The number of thioether (sulfide) groups is 1. The van der Waals surface area contributed by atoms with Crippen molar-refractivity contribution in [1.29, 1.82) is 0 Å². The van der Waals surface area contributed by atoms with Gasteiger partial charge in [-0.25, -0.2) is 0 Å². The molecule has 0 radical (unpaired) electrons. The van der Waals surface area contributed by atoms with E-state index in [9.17, 15) is 10.4 Å². The SMILES string of the molecule is CSC12CO[N+]([O-])=C1CCc1c2nn(-c2ccccc2Cl)[n+]1[O-]. The van der Waals surface area contributed by atoms with Crippen LogP contribution in [0.4, 0.5) is 0 Å². The van der Waals surface area contributed by atoms with Crippen LogP contribution in [0.2, 0.25) is 5.02 Å². The number of aromatic nitrogens is 3. The van der Waals surface area contributed by atoms with Gasteiger partial charge in [0.15, 0.2) is 10.4 Å². The lowest BCUT2D eigenvalue weighted by molar-refractivity contribution is -0.731. The van der Waals surface area contributed by atoms with Crippen molar-refractivity contribution in [1.82, 2.24) is 9.90 Å². The Hall–Kier alpha value is -1.93. The molecule has 1 aliphatic heterocycles. The molecule has 1 aliphatic carbocycles. The highest BCUT2D eigenvalue weighted by Gasteiger charge is 2.58. The van der Waals surface area contributed by atoms with Gasteiger partial charge in [-0.2, -0.15) is 0 Å². The Labute approximate surface area is 141 Å². The molecule has 4 rings (SSSR count). The van der Waals surface area contributed by atoms with E-state index >= 15 is 0 Å². The Balaban J connectivity index is 1.94. The third kappa shape index (κ3) is 1.88. The van der Waals surface area contributed by atoms with Gasteiger partial charge in [0.25, 0.3) is 5.69 Å². The number of fused-ring (bicyclic) bond motifs is 3. The molecule has 0 fully saturated rings. The summed E-state index contributed by atoms with van der Waals surface area (Å²) in [5, 5.41) is 29.5. The van der Waals surface area contributed by atoms with Gasteiger partial charge >= 0.3 is 0 Å². The van der Waals surface area contributed by atoms with Crippen molar-refractivity contribution in [2.45, 2.75) is 17.6 Å². The van der Waals surface area contributed by atoms with Crippen LogP contribution in [0.3, 0.4) is 0 Å². The zero-order valence-corrected chi connectivity index (χ0v) is 13.8. The van der Waals surface area contributed by atoms with E-state index in [4.69, 9.17) is 16.4 Å². The Morgan fingerprint density at radius 2 is 2.13 bits per heavy atom. The number of para-hydroxylation sites is 1. The van der Waals surface area contributed by atoms with Gasteiger partial charge in [-0.05, 0) is 23.2 Å². The van der Waals surface area contributed by atoms with E-state index in [-0.39, 0.29) is 6.61 Å². The molecule has 9 heteroatoms. The Bertz CT molecular complexity index is 837. The van der Waals surface area contributed by atoms with Crippen LogP contribution in [-0.2, 0) is 16.0 Å². The number of benzene rings is 1. The molecule has 0 saturated heterocycles. The number of rotatable bonds is 2. The molecule has 0 amide bonds. The Morgan fingerprint density at radius 3 is 2.87 bits per heavy atom. The summed E-state index contributed by atoms with van der Waals surface area (Å²) in [5.74, 6) is 0. The van der Waals surface area contributed by atoms with Gasteiger partial charge in [0.05, 0.1) is 16.7 Å². The van der Waals surface area contributed by atoms with E-state index in [2.05, 4.69) is 5.10 Å². The predicted molar refractivity (Wildman–Crippen MR) is 85.6 cm³/mol. The molecule has 7 nitrogen and oxygen atoms in total. The maximum absolute atomic E-state index is 12.7. The van der Waals surface area contributed by atoms with Crippen molar-refractivity contribution in [2.24, 2.45) is 0 Å². The van der Waals surface area contributed by atoms with E-state index in [1.807, 2.05) is 6.26 Å². The summed E-state index contributed by atoms with van der Waals surface area (Å²) < 4.78 is -0.700. The Kier molecular flexibility index (Phi) is 3.21. The molecule has 1 unspecified atom stereocenters. The standard InChI is InChI=1S/C14H13ClN4O3S/c1-23-14-8-22-19(21)12(14)7-6-11-13(14)16-17(18(11)20)10-5-3-2-4-9(10)15/h2-5H,6-8H2,1H3. The zero-order valence-electron chi connectivity index (χ0n) is 12.2. The maximum atomic E-state index is 12.7. The van der Waals surface area contributed by atoms with Crippen molar-refractivity contribution in [3.05, 3.63) is 51.1 Å². The summed E-state index contributed by atoms with van der Waals surface area (Å²) in [7, 11) is 0. The quantitative estimate of drug-likeness (QED) is 0.605. The summed E-state index contributed by atoms with van der Waals surface area (Å²) in [6, 6.07) is 7.02. The normalized spacial score (nSPS) is 22.7. The lowest BCUT2D eigenvalue weighted by atomic mass is 9.88. The van der Waals surface area contributed by atoms with Gasteiger partial charge < -0.3 is 10.0 Å². The van der Waals surface area contributed by atoms with Crippen LogP contribution >= 0.6 is 23.4 Å². The fourth-order valence-electron chi connectivity index (χ4n) is 3.16. The number of halogens is 1. The minimum Gasteiger partial charge on any atom is -0.692 e. The molecule has 1 aromatic heterocycles. The van der Waals surface area contributed by atoms with Gasteiger partial charge in [0.2, 0.25) is 5.71 Å². The summed E-state index contributed by atoms with van der Waals surface area (Å²) >= 11 is 7.66. The lowest BCUT2D eigenvalue weighted by Gasteiger charge is -2.22. The zero-order chi connectivity index (χ0) is 16.2. The third-order valence-corrected chi connectivity index (χ3v) is 5.90. The fraction of sp³-hybridized carbons (Fsp3) is 0.357. The second-order valence-electron chi connectivity index (χ2n) is 5.42. The van der Waals surface area contributed by atoms with Crippen LogP contribution in [0.25, 0.3) is 5.69 Å². The highest BCUT2D eigenvalue weighted by Crippen LogP contribution is 2.44. The van der Waals surface area contributed by atoms with Crippen molar-refractivity contribution >= 4 is 29.1 Å². The molecule has 2 aliphatic rings. The summed E-state index contributed by atoms with van der Waals surface area (Å²) in [6.07, 6.45) is 2.82. The fourth-order valence-corrected chi connectivity index (χ4v) is 4.30. The highest BCUT2D eigenvalue weighted by molar-refractivity contribution is 8.00. The van der Waals surface area contributed by atoms with Gasteiger partial charge in [-0.1, -0.05) is 23.7 Å². The molecule has 2 heterocycles. The summed E-state index contributed by atoms with van der Waals surface area (Å²) in [5.41, 5.74) is 2.26. The molecule has 120 valence electrons. The van der Waals surface area contributed by atoms with Crippen molar-refractivity contribution in [2.75, 3.05) is 12.9 Å². The van der Waals surface area contributed by atoms with E-state index in [1.165, 1.54) is 16.6 Å². The Morgan fingerprint density at radius 1 is 1.35 bits per heavy atom. The number of hydrogen-bond acceptors (Lipinski definition) is 5. The molecule has 0 saturated carbocycles. The minimum atomic E-state index is -0.700. The molecule has 0 spiro atoms. The third-order valence-electron chi connectivity index (χ3n) is 4.34. The van der Waals surface area contributed by atoms with Crippen LogP contribution in [-0.4, -0.2) is 33.4 Å². The topological polar surface area (TPSA) is 80.1 Å². The lowest BCUT2D eigenvalue weighted by Crippen LogP contribution is -2.44. The summed E-state index contributed by atoms with van der Waals surface area (Å²) in [6.45, 7) is 0.180. The van der Waals surface area contributed by atoms with Crippen molar-refractivity contribution < 1.29 is 14.6 Å². The molecule has 0 N–H and O–H groups in total. The van der Waals surface area contributed by atoms with Crippen LogP contribution in [0.5, 0.6) is 0 Å². The summed E-state index contributed by atoms with van der Waals surface area (Å²) in [4.78, 5) is 7.75. The molecular formula is C14H13ClN4O3S. The van der Waals surface area contributed by atoms with Crippen molar-refractivity contribution in [3.8, 4) is 5.69 Å². The monoisotopic (exact) mass is 352 g/mol. The van der Waals surface area contributed by atoms with Crippen LogP contribution < -0.4 is 4.85 Å². The van der Waals surface area contributed by atoms with Crippen LogP contribution in [0.15, 0.2) is 24.3 Å². The largest absolute Gasteiger partial charge is 0.692 e. The van der Waals surface area contributed by atoms with E-state index in [0.29, 0.717) is 45.6 Å². The van der Waals surface area contributed by atoms with E-state index in [0.717, 1.165) is 4.85 Å². The van der Waals surface area contributed by atoms with E-state index in [1.54, 1.807) is 24.3 Å². The molecule has 2 aromatic rings. The van der Waals surface area contributed by atoms with Gasteiger partial charge in [0, 0.05) is 17.7 Å². The number of nitrogens with zero attached hydrogens (tertiary/aromatic N) is 4. The predicted octanol–water partition coefficient (Wildman–Crippen LogP) is 1.56. The molecule has 0 bridgehead atoms. The first kappa shape index (κ1) is 14.6. The molecule has 1 atom stereocenters. The van der Waals surface area contributed by atoms with Gasteiger partial charge in [-0.15, -0.1) is 16.6 Å². The van der Waals surface area contributed by atoms with Gasteiger partial charge in [0.1, 0.15) is 5.69 Å². The van der Waals surface area contributed by atoms with Crippen molar-refractivity contribution in [3.63, 3.8) is 0 Å². The molecular weight excluding hydrogens is 340 g/mol. The second kappa shape index (κ2) is 5.04. The number of hydrogen-bond donors (Lipinski definition) is 0. The average Bonchev–Trinajstić information content (AvgIpc) is 3.07. The maximum Gasteiger partial charge on any atom is 0.250 e.